The molecule has 0 saturated heterocycles. The van der Waals surface area contributed by atoms with E-state index in [0.29, 0.717) is 22.8 Å². The van der Waals surface area contributed by atoms with Gasteiger partial charge in [-0.3, -0.25) is 0 Å². The van der Waals surface area contributed by atoms with Gasteiger partial charge in [0.25, 0.3) is 0 Å². The molecule has 0 unspecified atom stereocenters. The first kappa shape index (κ1) is 18.5. The van der Waals surface area contributed by atoms with Crippen molar-refractivity contribution in [2.24, 2.45) is 0 Å². The number of hydrogen-bond donors (Lipinski definition) is 0. The number of hydrogen-bond acceptors (Lipinski definition) is 6. The summed E-state index contributed by atoms with van der Waals surface area (Å²) in [4.78, 5) is 8.26. The first-order valence-electron chi connectivity index (χ1n) is 8.36. The molecule has 0 aliphatic carbocycles. The zero-order chi connectivity index (χ0) is 19.9. The molecule has 0 spiro atoms. The first-order valence-corrected chi connectivity index (χ1v) is 8.36. The lowest BCUT2D eigenvalue weighted by molar-refractivity contribution is 0.817. The van der Waals surface area contributed by atoms with E-state index in [1.165, 1.54) is 0 Å². The summed E-state index contributed by atoms with van der Waals surface area (Å²) >= 11 is 0. The highest BCUT2D eigenvalue weighted by atomic mass is 15.3. The van der Waals surface area contributed by atoms with E-state index in [2.05, 4.69) is 32.3 Å². The molecule has 136 valence electrons. The van der Waals surface area contributed by atoms with Gasteiger partial charge in [0.2, 0.25) is 0 Å². The van der Waals surface area contributed by atoms with Gasteiger partial charge in [0.15, 0.2) is 11.6 Å². The van der Waals surface area contributed by atoms with E-state index in [9.17, 15) is 0 Å². The van der Waals surface area contributed by atoms with Crippen LogP contribution in [0.5, 0.6) is 0 Å². The molecular weight excluding hydrogens is 352 g/mol. The second kappa shape index (κ2) is 8.39. The Hall–Kier alpha value is -4.30. The minimum Gasteiger partial charge on any atom is -0.237 e. The van der Waals surface area contributed by atoms with Crippen LogP contribution >= 0.6 is 0 Å². The van der Waals surface area contributed by atoms with Gasteiger partial charge < -0.3 is 0 Å². The molecule has 0 atom stereocenters. The van der Waals surface area contributed by atoms with E-state index < -0.39 is 0 Å². The Morgan fingerprint density at radius 2 is 1.46 bits per heavy atom. The van der Waals surface area contributed by atoms with Crippen LogP contribution in [-0.4, -0.2) is 29.5 Å². The minimum atomic E-state index is 0.586. The van der Waals surface area contributed by atoms with Gasteiger partial charge in [0.1, 0.15) is 0 Å². The van der Waals surface area contributed by atoms with Gasteiger partial charge in [-0.25, -0.2) is 19.3 Å². The van der Waals surface area contributed by atoms with Crippen molar-refractivity contribution >= 4 is 0 Å². The topological polar surface area (TPSA) is 109 Å². The summed E-state index contributed by atoms with van der Waals surface area (Å²) in [6.07, 6.45) is 6.73. The largest absolute Gasteiger partial charge is 0.237 e. The van der Waals surface area contributed by atoms with Crippen LogP contribution in [0.4, 0.5) is 0 Å². The molecule has 4 rings (SSSR count). The van der Waals surface area contributed by atoms with Gasteiger partial charge in [-0.05, 0) is 38.1 Å². The van der Waals surface area contributed by atoms with Crippen LogP contribution in [0.15, 0.2) is 61.2 Å². The van der Waals surface area contributed by atoms with Crippen molar-refractivity contribution in [2.75, 3.05) is 0 Å². The van der Waals surface area contributed by atoms with Crippen molar-refractivity contribution < 1.29 is 0 Å². The minimum absolute atomic E-state index is 0.586. The Kier molecular flexibility index (Phi) is 5.54. The molecule has 0 amide bonds. The highest BCUT2D eigenvalue weighted by molar-refractivity contribution is 5.36. The van der Waals surface area contributed by atoms with E-state index >= 15 is 0 Å². The molecule has 0 aromatic carbocycles. The van der Waals surface area contributed by atoms with Gasteiger partial charge in [-0.15, -0.1) is 0 Å². The molecule has 4 aromatic heterocycles. The Bertz CT molecular complexity index is 1170. The van der Waals surface area contributed by atoms with E-state index in [0.717, 1.165) is 11.4 Å². The van der Waals surface area contributed by atoms with Crippen LogP contribution in [0.3, 0.4) is 0 Å². The Morgan fingerprint density at radius 1 is 0.821 bits per heavy atom. The van der Waals surface area contributed by atoms with Crippen molar-refractivity contribution in [1.29, 1.82) is 10.5 Å². The average molecular weight is 368 g/mol. The van der Waals surface area contributed by atoms with Crippen molar-refractivity contribution in [3.05, 3.63) is 83.7 Å². The van der Waals surface area contributed by atoms with Crippen molar-refractivity contribution in [3.63, 3.8) is 0 Å². The lowest BCUT2D eigenvalue weighted by atomic mass is 10.3. The summed E-state index contributed by atoms with van der Waals surface area (Å²) in [5.41, 5.74) is 3.09. The highest BCUT2D eigenvalue weighted by Crippen LogP contribution is 2.08. The molecule has 0 aliphatic heterocycles. The third-order valence-corrected chi connectivity index (χ3v) is 3.76. The third kappa shape index (κ3) is 4.26. The predicted octanol–water partition coefficient (Wildman–Crippen LogP) is 2.89. The monoisotopic (exact) mass is 368 g/mol. The normalized spacial score (nSPS) is 9.71. The van der Waals surface area contributed by atoms with Crippen molar-refractivity contribution in [3.8, 4) is 23.8 Å². The number of pyridine rings is 2. The maximum Gasteiger partial charge on any atom is 0.154 e. The molecule has 4 aromatic rings. The molecule has 0 fully saturated rings. The maximum absolute atomic E-state index is 8.72. The summed E-state index contributed by atoms with van der Waals surface area (Å²) in [5.74, 6) is 1.34. The lowest BCUT2D eigenvalue weighted by Gasteiger charge is -2.02. The molecule has 8 heteroatoms. The van der Waals surface area contributed by atoms with E-state index in [1.807, 2.05) is 32.2 Å². The molecule has 8 nitrogen and oxygen atoms in total. The molecule has 4 heterocycles. The molecular formula is C20H16N8. The number of nitrogens with zero attached hydrogens (tertiary/aromatic N) is 8. The smallest absolute Gasteiger partial charge is 0.154 e. The second-order valence-corrected chi connectivity index (χ2v) is 5.82. The molecule has 0 saturated carbocycles. The van der Waals surface area contributed by atoms with Gasteiger partial charge in [0, 0.05) is 42.6 Å². The fourth-order valence-electron chi connectivity index (χ4n) is 2.37. The molecule has 0 radical (unpaired) electrons. The molecule has 0 aliphatic rings. The first-order chi connectivity index (χ1) is 13.6. The highest BCUT2D eigenvalue weighted by Gasteiger charge is 2.02. The Labute approximate surface area is 162 Å². The summed E-state index contributed by atoms with van der Waals surface area (Å²) in [5, 5.41) is 25.7. The van der Waals surface area contributed by atoms with Crippen LogP contribution < -0.4 is 0 Å². The van der Waals surface area contributed by atoms with E-state index in [-0.39, 0.29) is 0 Å². The predicted molar refractivity (Wildman–Crippen MR) is 102 cm³/mol. The second-order valence-electron chi connectivity index (χ2n) is 5.82. The Balaban J connectivity index is 0.000000161. The fraction of sp³-hybridized carbons (Fsp3) is 0.100. The number of rotatable bonds is 2. The van der Waals surface area contributed by atoms with Gasteiger partial charge in [-0.2, -0.15) is 20.7 Å². The van der Waals surface area contributed by atoms with Crippen LogP contribution in [-0.2, 0) is 0 Å². The van der Waals surface area contributed by atoms with Crippen LogP contribution in [0, 0.1) is 36.5 Å². The molecule has 0 N–H and O–H groups in total. The Morgan fingerprint density at radius 3 is 2.00 bits per heavy atom. The van der Waals surface area contributed by atoms with E-state index in [4.69, 9.17) is 10.5 Å². The average Bonchev–Trinajstić information content (AvgIpc) is 3.37. The molecule has 28 heavy (non-hydrogen) atoms. The number of nitriles is 2. The van der Waals surface area contributed by atoms with Crippen molar-refractivity contribution in [1.82, 2.24) is 29.5 Å². The summed E-state index contributed by atoms with van der Waals surface area (Å²) in [7, 11) is 0. The summed E-state index contributed by atoms with van der Waals surface area (Å²) < 4.78 is 3.34. The standard InChI is InChI=1S/2C10H8N4/c1-8-2-5-13-14(8)10-6-9(7-11)3-4-12-10;1-8-3-5-14(13-8)10-6-9(7-11)2-4-12-10/h2*2-6H,1H3. The quantitative estimate of drug-likeness (QED) is 0.538. The number of aromatic nitrogens is 6. The molecule has 0 bridgehead atoms. The van der Waals surface area contributed by atoms with Crippen LogP contribution in [0.25, 0.3) is 11.6 Å². The van der Waals surface area contributed by atoms with E-state index in [1.54, 1.807) is 52.2 Å². The van der Waals surface area contributed by atoms with Gasteiger partial charge >= 0.3 is 0 Å². The van der Waals surface area contributed by atoms with Gasteiger partial charge in [0.05, 0.1) is 29.0 Å². The third-order valence-electron chi connectivity index (χ3n) is 3.76. The maximum atomic E-state index is 8.72. The van der Waals surface area contributed by atoms with Gasteiger partial charge in [-0.1, -0.05) is 0 Å². The zero-order valence-corrected chi connectivity index (χ0v) is 15.4. The SMILES string of the molecule is Cc1ccn(-c2cc(C#N)ccn2)n1.Cc1ccnn1-c1cc(C#N)ccn1. The zero-order valence-electron chi connectivity index (χ0n) is 15.4. The fourth-order valence-corrected chi connectivity index (χ4v) is 2.37. The van der Waals surface area contributed by atoms with Crippen molar-refractivity contribution in [2.45, 2.75) is 13.8 Å². The van der Waals surface area contributed by atoms with Crippen LogP contribution in [0.1, 0.15) is 22.5 Å². The summed E-state index contributed by atoms with van der Waals surface area (Å²) in [6.45, 7) is 3.85. The van der Waals surface area contributed by atoms with Crippen LogP contribution in [0.2, 0.25) is 0 Å². The lowest BCUT2D eigenvalue weighted by Crippen LogP contribution is -2.01. The number of aryl methyl sites for hydroxylation is 2. The summed E-state index contributed by atoms with van der Waals surface area (Å²) in [6, 6.07) is 14.7.